The third-order valence-electron chi connectivity index (χ3n) is 2.38. The third kappa shape index (κ3) is 2.35. The average molecular weight is 215 g/mol. The minimum atomic E-state index is -0.0922. The molecule has 0 saturated carbocycles. The van der Waals surface area contributed by atoms with Gasteiger partial charge in [-0.3, -0.25) is 4.79 Å². The van der Waals surface area contributed by atoms with E-state index in [2.05, 4.69) is 5.10 Å². The van der Waals surface area contributed by atoms with Gasteiger partial charge >= 0.3 is 0 Å². The zero-order valence-electron chi connectivity index (χ0n) is 8.84. The lowest BCUT2D eigenvalue weighted by Gasteiger charge is -2.04. The minimum absolute atomic E-state index is 0.0922. The Morgan fingerprint density at radius 3 is 2.44 bits per heavy atom. The molecular weight excluding hydrogens is 202 g/mol. The highest BCUT2D eigenvalue weighted by atomic mass is 16.1. The monoisotopic (exact) mass is 215 g/mol. The number of benzene rings is 1. The van der Waals surface area contributed by atoms with Gasteiger partial charge in [0.15, 0.2) is 0 Å². The highest BCUT2D eigenvalue weighted by molar-refractivity contribution is 5.22. The first kappa shape index (κ1) is 10.6. The Labute approximate surface area is 93.3 Å². The maximum atomic E-state index is 11.4. The molecule has 0 fully saturated rings. The second kappa shape index (κ2) is 4.72. The van der Waals surface area contributed by atoms with Crippen molar-refractivity contribution in [1.82, 2.24) is 9.78 Å². The molecule has 1 aromatic carbocycles. The molecule has 0 spiro atoms. The second-order valence-corrected chi connectivity index (χ2v) is 3.54. The Bertz CT molecular complexity index is 516. The Hall–Kier alpha value is -1.94. The van der Waals surface area contributed by atoms with Crippen LogP contribution in [0.1, 0.15) is 11.1 Å². The van der Waals surface area contributed by atoms with E-state index in [9.17, 15) is 4.79 Å². The van der Waals surface area contributed by atoms with Gasteiger partial charge in [-0.2, -0.15) is 5.10 Å². The molecule has 0 amide bonds. The molecule has 4 heteroatoms. The number of aromatic nitrogens is 2. The van der Waals surface area contributed by atoms with Gasteiger partial charge in [-0.1, -0.05) is 24.3 Å². The molecule has 0 bridgehead atoms. The predicted octanol–water partition coefficient (Wildman–Crippen LogP) is 0.750. The smallest absolute Gasteiger partial charge is 0.267 e. The fourth-order valence-corrected chi connectivity index (χ4v) is 1.46. The van der Waals surface area contributed by atoms with E-state index in [0.717, 1.165) is 11.1 Å². The van der Waals surface area contributed by atoms with Crippen LogP contribution in [0.5, 0.6) is 0 Å². The van der Waals surface area contributed by atoms with E-state index < -0.39 is 0 Å². The summed E-state index contributed by atoms with van der Waals surface area (Å²) in [5.41, 5.74) is 7.54. The Morgan fingerprint density at radius 1 is 1.12 bits per heavy atom. The zero-order valence-corrected chi connectivity index (χ0v) is 8.84. The fourth-order valence-electron chi connectivity index (χ4n) is 1.46. The third-order valence-corrected chi connectivity index (χ3v) is 2.38. The van der Waals surface area contributed by atoms with Gasteiger partial charge in [0.2, 0.25) is 0 Å². The predicted molar refractivity (Wildman–Crippen MR) is 61.9 cm³/mol. The first-order valence-corrected chi connectivity index (χ1v) is 5.09. The van der Waals surface area contributed by atoms with E-state index in [-0.39, 0.29) is 5.56 Å². The van der Waals surface area contributed by atoms with Crippen molar-refractivity contribution in [3.8, 4) is 0 Å². The number of nitrogens with two attached hydrogens (primary N) is 1. The van der Waals surface area contributed by atoms with E-state index in [1.807, 2.05) is 24.3 Å². The van der Waals surface area contributed by atoms with Crippen molar-refractivity contribution in [1.29, 1.82) is 0 Å². The highest BCUT2D eigenvalue weighted by Gasteiger charge is 1.98. The van der Waals surface area contributed by atoms with Crippen LogP contribution in [0.2, 0.25) is 0 Å². The summed E-state index contributed by atoms with van der Waals surface area (Å²) in [7, 11) is 0. The van der Waals surface area contributed by atoms with Crippen LogP contribution in [-0.4, -0.2) is 9.78 Å². The number of hydrogen-bond donors (Lipinski definition) is 1. The molecule has 1 aromatic heterocycles. The van der Waals surface area contributed by atoms with Crippen LogP contribution in [0.15, 0.2) is 47.4 Å². The number of rotatable bonds is 3. The zero-order chi connectivity index (χ0) is 11.4. The summed E-state index contributed by atoms with van der Waals surface area (Å²) in [5.74, 6) is 0. The largest absolute Gasteiger partial charge is 0.326 e. The van der Waals surface area contributed by atoms with Gasteiger partial charge in [0.05, 0.1) is 6.54 Å². The van der Waals surface area contributed by atoms with Gasteiger partial charge in [-0.25, -0.2) is 4.68 Å². The van der Waals surface area contributed by atoms with Crippen molar-refractivity contribution in [3.63, 3.8) is 0 Å². The van der Waals surface area contributed by atoms with Crippen LogP contribution in [0.3, 0.4) is 0 Å². The molecular formula is C12H13N3O. The van der Waals surface area contributed by atoms with Crippen LogP contribution in [-0.2, 0) is 13.1 Å². The van der Waals surface area contributed by atoms with Crippen molar-refractivity contribution in [2.45, 2.75) is 13.1 Å². The molecule has 2 aromatic rings. The van der Waals surface area contributed by atoms with Crippen molar-refractivity contribution in [3.05, 3.63) is 64.1 Å². The fraction of sp³-hybridized carbons (Fsp3) is 0.167. The summed E-state index contributed by atoms with van der Waals surface area (Å²) in [6, 6.07) is 11.0. The van der Waals surface area contributed by atoms with Gasteiger partial charge in [0.1, 0.15) is 0 Å². The maximum absolute atomic E-state index is 11.4. The standard InChI is InChI=1S/C12H13N3O/c13-8-10-3-5-11(6-4-10)9-15-12(16)2-1-7-14-15/h1-7H,8-9,13H2. The average Bonchev–Trinajstić information content (AvgIpc) is 2.33. The number of nitrogens with zero attached hydrogens (tertiary/aromatic N) is 2. The molecule has 0 aliphatic carbocycles. The van der Waals surface area contributed by atoms with Gasteiger partial charge in [-0.15, -0.1) is 0 Å². The summed E-state index contributed by atoms with van der Waals surface area (Å²) < 4.78 is 1.43. The summed E-state index contributed by atoms with van der Waals surface area (Å²) in [4.78, 5) is 11.4. The molecule has 82 valence electrons. The van der Waals surface area contributed by atoms with E-state index in [0.29, 0.717) is 13.1 Å². The van der Waals surface area contributed by atoms with Crippen LogP contribution < -0.4 is 11.3 Å². The van der Waals surface area contributed by atoms with Crippen LogP contribution in [0, 0.1) is 0 Å². The molecule has 16 heavy (non-hydrogen) atoms. The molecule has 2 rings (SSSR count). The van der Waals surface area contributed by atoms with Gasteiger partial charge in [-0.05, 0) is 17.2 Å². The molecule has 0 atom stereocenters. The summed E-state index contributed by atoms with van der Waals surface area (Å²) in [6.45, 7) is 1.02. The first-order valence-electron chi connectivity index (χ1n) is 5.09. The Morgan fingerprint density at radius 2 is 1.81 bits per heavy atom. The van der Waals surface area contributed by atoms with Crippen molar-refractivity contribution in [2.24, 2.45) is 5.73 Å². The lowest BCUT2D eigenvalue weighted by Crippen LogP contribution is -2.21. The van der Waals surface area contributed by atoms with Crippen molar-refractivity contribution >= 4 is 0 Å². The second-order valence-electron chi connectivity index (χ2n) is 3.54. The van der Waals surface area contributed by atoms with E-state index >= 15 is 0 Å². The molecule has 2 N–H and O–H groups in total. The molecule has 1 heterocycles. The minimum Gasteiger partial charge on any atom is -0.326 e. The Balaban J connectivity index is 2.21. The lowest BCUT2D eigenvalue weighted by atomic mass is 10.1. The SMILES string of the molecule is NCc1ccc(Cn2ncccc2=O)cc1. The van der Waals surface area contributed by atoms with Crippen molar-refractivity contribution in [2.75, 3.05) is 0 Å². The normalized spacial score (nSPS) is 10.3. The van der Waals surface area contributed by atoms with Crippen LogP contribution in [0.25, 0.3) is 0 Å². The topological polar surface area (TPSA) is 60.9 Å². The van der Waals surface area contributed by atoms with Crippen LogP contribution >= 0.6 is 0 Å². The molecule has 0 aliphatic rings. The van der Waals surface area contributed by atoms with Gasteiger partial charge in [0.25, 0.3) is 5.56 Å². The maximum Gasteiger partial charge on any atom is 0.267 e. The molecule has 0 aliphatic heterocycles. The van der Waals surface area contributed by atoms with E-state index in [4.69, 9.17) is 5.73 Å². The van der Waals surface area contributed by atoms with Crippen molar-refractivity contribution < 1.29 is 0 Å². The molecule has 0 radical (unpaired) electrons. The van der Waals surface area contributed by atoms with Gasteiger partial charge < -0.3 is 5.73 Å². The Kier molecular flexibility index (Phi) is 3.12. The van der Waals surface area contributed by atoms with Crippen LogP contribution in [0.4, 0.5) is 0 Å². The highest BCUT2D eigenvalue weighted by Crippen LogP contribution is 2.04. The summed E-state index contributed by atoms with van der Waals surface area (Å²) in [5, 5.41) is 4.00. The lowest BCUT2D eigenvalue weighted by molar-refractivity contribution is 0.638. The molecule has 4 nitrogen and oxygen atoms in total. The quantitative estimate of drug-likeness (QED) is 0.821. The van der Waals surface area contributed by atoms with Gasteiger partial charge in [0, 0.05) is 18.8 Å². The summed E-state index contributed by atoms with van der Waals surface area (Å²) in [6.07, 6.45) is 1.61. The summed E-state index contributed by atoms with van der Waals surface area (Å²) >= 11 is 0. The number of hydrogen-bond acceptors (Lipinski definition) is 3. The molecule has 0 unspecified atom stereocenters. The first-order chi connectivity index (χ1) is 7.79. The molecule has 0 saturated heterocycles. The van der Waals surface area contributed by atoms with E-state index in [1.165, 1.54) is 10.7 Å². The van der Waals surface area contributed by atoms with E-state index in [1.54, 1.807) is 12.3 Å².